The van der Waals surface area contributed by atoms with Crippen LogP contribution in [0.2, 0.25) is 0 Å². The van der Waals surface area contributed by atoms with Crippen molar-refractivity contribution < 1.29 is 4.74 Å². The number of rotatable bonds is 2. The van der Waals surface area contributed by atoms with E-state index >= 15 is 0 Å². The summed E-state index contributed by atoms with van der Waals surface area (Å²) in [5.74, 6) is 0.821. The van der Waals surface area contributed by atoms with E-state index in [0.29, 0.717) is 0 Å². The smallest absolute Gasteiger partial charge is 0.197 e. The molecule has 4 rings (SSSR count). The van der Waals surface area contributed by atoms with E-state index in [1.807, 2.05) is 67.7 Å². The van der Waals surface area contributed by atoms with Gasteiger partial charge < -0.3 is 9.30 Å². The van der Waals surface area contributed by atoms with Crippen LogP contribution in [0.4, 0.5) is 0 Å². The van der Waals surface area contributed by atoms with Gasteiger partial charge in [-0.15, -0.1) is 0 Å². The average Bonchev–Trinajstić information content (AvgIpc) is 2.66. The summed E-state index contributed by atoms with van der Waals surface area (Å²) in [4.78, 5) is 12.9. The number of benzene rings is 3. The van der Waals surface area contributed by atoms with E-state index in [9.17, 15) is 4.79 Å². The van der Waals surface area contributed by atoms with Gasteiger partial charge in [0.2, 0.25) is 0 Å². The van der Waals surface area contributed by atoms with Crippen LogP contribution in [0.15, 0.2) is 71.5 Å². The maximum absolute atomic E-state index is 12.9. The van der Waals surface area contributed by atoms with Crippen molar-refractivity contribution in [2.24, 2.45) is 7.05 Å². The molecule has 0 aliphatic carbocycles. The van der Waals surface area contributed by atoms with Crippen molar-refractivity contribution in [3.63, 3.8) is 0 Å². The van der Waals surface area contributed by atoms with Gasteiger partial charge in [0.25, 0.3) is 0 Å². The molecule has 0 aliphatic heterocycles. The number of para-hydroxylation sites is 1. The predicted molar refractivity (Wildman–Crippen MR) is 98.7 cm³/mol. The molecule has 0 unspecified atom stereocenters. The van der Waals surface area contributed by atoms with Gasteiger partial charge in [0.15, 0.2) is 5.43 Å². The van der Waals surface area contributed by atoms with Crippen molar-refractivity contribution in [3.05, 3.63) is 77.0 Å². The van der Waals surface area contributed by atoms with Gasteiger partial charge in [0, 0.05) is 17.8 Å². The number of nitrogens with zero attached hydrogens (tertiary/aromatic N) is 1. The Morgan fingerprint density at radius 1 is 0.792 bits per heavy atom. The molecule has 0 fully saturated rings. The van der Waals surface area contributed by atoms with Crippen LogP contribution < -0.4 is 10.2 Å². The summed E-state index contributed by atoms with van der Waals surface area (Å²) in [7, 11) is 3.65. The molecule has 118 valence electrons. The van der Waals surface area contributed by atoms with Crippen LogP contribution in [-0.4, -0.2) is 11.7 Å². The molecule has 3 heteroatoms. The van der Waals surface area contributed by atoms with Crippen LogP contribution in [0.3, 0.4) is 0 Å². The highest BCUT2D eigenvalue weighted by Crippen LogP contribution is 2.26. The molecule has 3 nitrogen and oxygen atoms in total. The number of fused-ring (bicyclic) bond motifs is 2. The molecule has 0 bridgehead atoms. The second kappa shape index (κ2) is 5.53. The van der Waals surface area contributed by atoms with Gasteiger partial charge in [-0.3, -0.25) is 4.79 Å². The first kappa shape index (κ1) is 14.5. The molecule has 3 aromatic carbocycles. The van der Waals surface area contributed by atoms with Crippen molar-refractivity contribution in [1.82, 2.24) is 4.57 Å². The highest BCUT2D eigenvalue weighted by atomic mass is 16.5. The molecule has 1 heterocycles. The Balaban J connectivity index is 1.99. The summed E-state index contributed by atoms with van der Waals surface area (Å²) in [5, 5.41) is 1.49. The molecule has 24 heavy (non-hydrogen) atoms. The number of pyridine rings is 1. The summed E-state index contributed by atoms with van der Waals surface area (Å²) in [5.41, 5.74) is 4.06. The Morgan fingerprint density at radius 2 is 1.46 bits per heavy atom. The fourth-order valence-electron chi connectivity index (χ4n) is 3.21. The zero-order valence-electron chi connectivity index (χ0n) is 13.6. The number of hydrogen-bond acceptors (Lipinski definition) is 2. The zero-order chi connectivity index (χ0) is 16.7. The van der Waals surface area contributed by atoms with Crippen LogP contribution in [-0.2, 0) is 7.05 Å². The standard InChI is InChI=1S/C21H17NO2/c1-22-19-6-4-3-5-17(19)21(23)18-13-15(9-12-20(18)22)14-7-10-16(24-2)11-8-14/h3-13H,1-2H3. The lowest BCUT2D eigenvalue weighted by atomic mass is 10.0. The number of aryl methyl sites for hydroxylation is 1. The maximum atomic E-state index is 12.9. The summed E-state index contributed by atoms with van der Waals surface area (Å²) in [6, 6.07) is 21.6. The minimum Gasteiger partial charge on any atom is -0.497 e. The molecule has 0 amide bonds. The fraction of sp³-hybridized carbons (Fsp3) is 0.0952. The highest BCUT2D eigenvalue weighted by Gasteiger charge is 2.09. The minimum atomic E-state index is 0.0778. The molecule has 4 aromatic rings. The molecule has 0 aliphatic rings. The van der Waals surface area contributed by atoms with Gasteiger partial charge >= 0.3 is 0 Å². The second-order valence-electron chi connectivity index (χ2n) is 5.87. The SMILES string of the molecule is COc1ccc(-c2ccc3c(c2)c(=O)c2ccccc2n3C)cc1. The van der Waals surface area contributed by atoms with Crippen molar-refractivity contribution in [3.8, 4) is 16.9 Å². The molecule has 1 aromatic heterocycles. The lowest BCUT2D eigenvalue weighted by molar-refractivity contribution is 0.415. The van der Waals surface area contributed by atoms with Crippen molar-refractivity contribution in [2.75, 3.05) is 7.11 Å². The van der Waals surface area contributed by atoms with Crippen LogP contribution in [0.25, 0.3) is 32.9 Å². The largest absolute Gasteiger partial charge is 0.497 e. The van der Waals surface area contributed by atoms with Crippen LogP contribution in [0.5, 0.6) is 5.75 Å². The first-order valence-corrected chi connectivity index (χ1v) is 7.85. The third kappa shape index (κ3) is 2.17. The molecular weight excluding hydrogens is 298 g/mol. The van der Waals surface area contributed by atoms with Crippen LogP contribution >= 0.6 is 0 Å². The van der Waals surface area contributed by atoms with E-state index in [1.165, 1.54) is 0 Å². The van der Waals surface area contributed by atoms with E-state index in [2.05, 4.69) is 10.6 Å². The zero-order valence-corrected chi connectivity index (χ0v) is 13.6. The van der Waals surface area contributed by atoms with E-state index < -0.39 is 0 Å². The monoisotopic (exact) mass is 315 g/mol. The fourth-order valence-corrected chi connectivity index (χ4v) is 3.21. The normalized spacial score (nSPS) is 11.1. The molecule has 0 radical (unpaired) electrons. The van der Waals surface area contributed by atoms with Crippen molar-refractivity contribution in [1.29, 1.82) is 0 Å². The van der Waals surface area contributed by atoms with Crippen molar-refractivity contribution >= 4 is 21.8 Å². The van der Waals surface area contributed by atoms with Gasteiger partial charge in [0.05, 0.1) is 18.1 Å². The Bertz CT molecular complexity index is 1110. The average molecular weight is 315 g/mol. The Hall–Kier alpha value is -3.07. The molecule has 0 N–H and O–H groups in total. The number of aromatic nitrogens is 1. The Morgan fingerprint density at radius 3 is 2.21 bits per heavy atom. The topological polar surface area (TPSA) is 31.2 Å². The molecule has 0 saturated carbocycles. The number of hydrogen-bond donors (Lipinski definition) is 0. The number of ether oxygens (including phenoxy) is 1. The predicted octanol–water partition coefficient (Wildman–Crippen LogP) is 4.37. The molecular formula is C21H17NO2. The lowest BCUT2D eigenvalue weighted by Gasteiger charge is -2.11. The Labute approximate surface area is 139 Å². The van der Waals surface area contributed by atoms with Gasteiger partial charge in [-0.1, -0.05) is 30.3 Å². The van der Waals surface area contributed by atoms with E-state index in [1.54, 1.807) is 7.11 Å². The van der Waals surface area contributed by atoms with Crippen LogP contribution in [0, 0.1) is 0 Å². The van der Waals surface area contributed by atoms with E-state index in [4.69, 9.17) is 4.74 Å². The summed E-state index contributed by atoms with van der Waals surface area (Å²) in [6.45, 7) is 0. The lowest BCUT2D eigenvalue weighted by Crippen LogP contribution is -2.09. The summed E-state index contributed by atoms with van der Waals surface area (Å²) < 4.78 is 7.28. The molecule has 0 spiro atoms. The summed E-state index contributed by atoms with van der Waals surface area (Å²) >= 11 is 0. The second-order valence-corrected chi connectivity index (χ2v) is 5.87. The van der Waals surface area contributed by atoms with E-state index in [-0.39, 0.29) is 5.43 Å². The van der Waals surface area contributed by atoms with Gasteiger partial charge in [-0.25, -0.2) is 0 Å². The van der Waals surface area contributed by atoms with Gasteiger partial charge in [0.1, 0.15) is 5.75 Å². The third-order valence-electron chi connectivity index (χ3n) is 4.54. The van der Waals surface area contributed by atoms with Gasteiger partial charge in [-0.2, -0.15) is 0 Å². The third-order valence-corrected chi connectivity index (χ3v) is 4.54. The first-order valence-electron chi connectivity index (χ1n) is 7.85. The maximum Gasteiger partial charge on any atom is 0.197 e. The van der Waals surface area contributed by atoms with Crippen LogP contribution in [0.1, 0.15) is 0 Å². The van der Waals surface area contributed by atoms with E-state index in [0.717, 1.165) is 38.7 Å². The van der Waals surface area contributed by atoms with Gasteiger partial charge in [-0.05, 0) is 47.5 Å². The Kier molecular flexibility index (Phi) is 3.35. The highest BCUT2D eigenvalue weighted by molar-refractivity contribution is 5.95. The quantitative estimate of drug-likeness (QED) is 0.514. The van der Waals surface area contributed by atoms with Crippen molar-refractivity contribution in [2.45, 2.75) is 0 Å². The number of methoxy groups -OCH3 is 1. The minimum absolute atomic E-state index is 0.0778. The molecule has 0 saturated heterocycles. The first-order chi connectivity index (χ1) is 11.7. The summed E-state index contributed by atoms with van der Waals surface area (Å²) in [6.07, 6.45) is 0. The molecule has 0 atom stereocenters.